The highest BCUT2D eigenvalue weighted by molar-refractivity contribution is 5.15. The Bertz CT molecular complexity index is 318. The zero-order chi connectivity index (χ0) is 14.5. The normalized spacial score (nSPS) is 34.5. The van der Waals surface area contributed by atoms with Crippen molar-refractivity contribution >= 4 is 0 Å². The molecule has 0 saturated carbocycles. The summed E-state index contributed by atoms with van der Waals surface area (Å²) in [6.45, 7) is 6.85. The van der Waals surface area contributed by atoms with Crippen molar-refractivity contribution in [2.24, 2.45) is 5.92 Å². The number of unbranched alkanes of at least 4 members (excludes halogenated alkanes) is 3. The fourth-order valence-corrected chi connectivity index (χ4v) is 3.28. The minimum atomic E-state index is -0.323. The summed E-state index contributed by atoms with van der Waals surface area (Å²) < 4.78 is 16.9. The molecule has 116 valence electrons. The van der Waals surface area contributed by atoms with E-state index < -0.39 is 0 Å². The van der Waals surface area contributed by atoms with Gasteiger partial charge in [0.05, 0.1) is 18.8 Å². The number of methoxy groups -OCH3 is 1. The van der Waals surface area contributed by atoms with E-state index in [2.05, 4.69) is 13.5 Å². The summed E-state index contributed by atoms with van der Waals surface area (Å²) in [5.41, 5.74) is 1.07. The van der Waals surface area contributed by atoms with Crippen molar-refractivity contribution in [2.75, 3.05) is 13.7 Å². The Kier molecular flexibility index (Phi) is 6.02. The van der Waals surface area contributed by atoms with Gasteiger partial charge in [0, 0.05) is 19.4 Å². The van der Waals surface area contributed by atoms with Crippen LogP contribution in [0.15, 0.2) is 12.2 Å². The third kappa shape index (κ3) is 3.61. The number of aliphatic hydroxyl groups is 1. The van der Waals surface area contributed by atoms with Crippen LogP contribution >= 0.6 is 0 Å². The van der Waals surface area contributed by atoms with E-state index in [4.69, 9.17) is 14.2 Å². The number of ether oxygens (including phenoxy) is 3. The lowest BCUT2D eigenvalue weighted by Gasteiger charge is -2.20. The molecule has 4 heteroatoms. The standard InChI is InChI=1S/C16H28O4/c1-4-5-6-7-8-12(17)9-13-14-11(2)10-19-15(14)16(18-3)20-13/h12-17H,2,4-10H2,1,3H3/t12?,13-,14+,15+,16+/m0/s1. The first kappa shape index (κ1) is 16.0. The number of fused-ring (bicyclic) bond motifs is 1. The highest BCUT2D eigenvalue weighted by atomic mass is 16.7. The van der Waals surface area contributed by atoms with Crippen LogP contribution in [-0.4, -0.2) is 43.4 Å². The lowest BCUT2D eigenvalue weighted by Crippen LogP contribution is -2.26. The average Bonchev–Trinajstić information content (AvgIpc) is 2.97. The molecule has 5 atom stereocenters. The van der Waals surface area contributed by atoms with Crippen LogP contribution in [0.1, 0.15) is 45.4 Å². The first-order valence-electron chi connectivity index (χ1n) is 7.83. The molecule has 2 aliphatic rings. The van der Waals surface area contributed by atoms with Crippen LogP contribution in [0.2, 0.25) is 0 Å². The van der Waals surface area contributed by atoms with Gasteiger partial charge in [-0.3, -0.25) is 0 Å². The van der Waals surface area contributed by atoms with Gasteiger partial charge in [-0.1, -0.05) is 39.2 Å². The number of hydrogen-bond acceptors (Lipinski definition) is 4. The lowest BCUT2D eigenvalue weighted by molar-refractivity contribution is -0.160. The van der Waals surface area contributed by atoms with E-state index in [1.807, 2.05) is 0 Å². The Balaban J connectivity index is 1.81. The predicted octanol–water partition coefficient (Wildman–Crippen LogP) is 2.65. The average molecular weight is 284 g/mol. The summed E-state index contributed by atoms with van der Waals surface area (Å²) >= 11 is 0. The van der Waals surface area contributed by atoms with Crippen molar-refractivity contribution in [2.45, 2.75) is 70.1 Å². The minimum absolute atomic E-state index is 0.0267. The van der Waals surface area contributed by atoms with Crippen LogP contribution in [0.25, 0.3) is 0 Å². The Hall–Kier alpha value is -0.420. The third-order valence-corrected chi connectivity index (χ3v) is 4.39. The molecule has 0 aliphatic carbocycles. The van der Waals surface area contributed by atoms with Crippen molar-refractivity contribution < 1.29 is 19.3 Å². The molecule has 2 fully saturated rings. The largest absolute Gasteiger partial charge is 0.393 e. The van der Waals surface area contributed by atoms with Gasteiger partial charge in [-0.25, -0.2) is 0 Å². The summed E-state index contributed by atoms with van der Waals surface area (Å²) in [6.07, 6.45) is 5.54. The summed E-state index contributed by atoms with van der Waals surface area (Å²) in [4.78, 5) is 0. The van der Waals surface area contributed by atoms with Gasteiger partial charge in [-0.15, -0.1) is 0 Å². The van der Waals surface area contributed by atoms with Gasteiger partial charge >= 0.3 is 0 Å². The Labute approximate surface area is 122 Å². The molecule has 0 amide bonds. The van der Waals surface area contributed by atoms with E-state index >= 15 is 0 Å². The van der Waals surface area contributed by atoms with Crippen molar-refractivity contribution in [1.82, 2.24) is 0 Å². The van der Waals surface area contributed by atoms with Gasteiger partial charge < -0.3 is 19.3 Å². The molecule has 0 aromatic carbocycles. The molecular weight excluding hydrogens is 256 g/mol. The highest BCUT2D eigenvalue weighted by Gasteiger charge is 2.50. The maximum absolute atomic E-state index is 10.2. The first-order chi connectivity index (χ1) is 9.67. The van der Waals surface area contributed by atoms with E-state index in [0.29, 0.717) is 13.0 Å². The van der Waals surface area contributed by atoms with Crippen LogP contribution in [0.3, 0.4) is 0 Å². The second kappa shape index (κ2) is 7.55. The van der Waals surface area contributed by atoms with Crippen LogP contribution in [0.4, 0.5) is 0 Å². The van der Waals surface area contributed by atoms with Crippen molar-refractivity contribution in [3.63, 3.8) is 0 Å². The van der Waals surface area contributed by atoms with Crippen molar-refractivity contribution in [3.05, 3.63) is 12.2 Å². The van der Waals surface area contributed by atoms with E-state index in [0.717, 1.165) is 18.4 Å². The van der Waals surface area contributed by atoms with E-state index in [9.17, 15) is 5.11 Å². The van der Waals surface area contributed by atoms with Gasteiger partial charge in [0.15, 0.2) is 6.29 Å². The molecule has 2 heterocycles. The van der Waals surface area contributed by atoms with Crippen LogP contribution in [0, 0.1) is 5.92 Å². The molecule has 0 spiro atoms. The molecule has 1 unspecified atom stereocenters. The molecule has 2 saturated heterocycles. The van der Waals surface area contributed by atoms with Crippen LogP contribution in [0.5, 0.6) is 0 Å². The van der Waals surface area contributed by atoms with Crippen molar-refractivity contribution in [1.29, 1.82) is 0 Å². The monoisotopic (exact) mass is 284 g/mol. The van der Waals surface area contributed by atoms with Crippen molar-refractivity contribution in [3.8, 4) is 0 Å². The molecule has 0 aromatic heterocycles. The maximum atomic E-state index is 10.2. The van der Waals surface area contributed by atoms with Gasteiger partial charge in [0.25, 0.3) is 0 Å². The second-order valence-corrected chi connectivity index (χ2v) is 5.98. The smallest absolute Gasteiger partial charge is 0.184 e. The van der Waals surface area contributed by atoms with E-state index in [-0.39, 0.29) is 30.5 Å². The SMILES string of the molecule is C=C1CO[C@H]2[C@H](OC)O[C@@H](CC(O)CCCCCC)[C@@H]12. The quantitative estimate of drug-likeness (QED) is 0.550. The first-order valence-corrected chi connectivity index (χ1v) is 7.83. The molecule has 0 radical (unpaired) electrons. The molecule has 4 nitrogen and oxygen atoms in total. The topological polar surface area (TPSA) is 47.9 Å². The Morgan fingerprint density at radius 2 is 2.20 bits per heavy atom. The molecule has 2 rings (SSSR count). The fourth-order valence-electron chi connectivity index (χ4n) is 3.28. The molecule has 2 aliphatic heterocycles. The van der Waals surface area contributed by atoms with Gasteiger partial charge in [0.1, 0.15) is 6.10 Å². The molecule has 1 N–H and O–H groups in total. The Morgan fingerprint density at radius 3 is 2.90 bits per heavy atom. The fraction of sp³-hybridized carbons (Fsp3) is 0.875. The predicted molar refractivity (Wildman–Crippen MR) is 77.4 cm³/mol. The minimum Gasteiger partial charge on any atom is -0.393 e. The highest BCUT2D eigenvalue weighted by Crippen LogP contribution is 2.41. The Morgan fingerprint density at radius 1 is 1.40 bits per heavy atom. The molecule has 0 aromatic rings. The summed E-state index contributed by atoms with van der Waals surface area (Å²) in [5.74, 6) is 0.172. The van der Waals surface area contributed by atoms with Crippen LogP contribution in [-0.2, 0) is 14.2 Å². The summed E-state index contributed by atoms with van der Waals surface area (Å²) in [6, 6.07) is 0. The van der Waals surface area contributed by atoms with Crippen LogP contribution < -0.4 is 0 Å². The number of hydrogen-bond donors (Lipinski definition) is 1. The van der Waals surface area contributed by atoms with Gasteiger partial charge in [-0.05, 0) is 12.0 Å². The lowest BCUT2D eigenvalue weighted by atomic mass is 9.89. The summed E-state index contributed by atoms with van der Waals surface area (Å²) in [5, 5.41) is 10.2. The molecule has 0 bridgehead atoms. The summed E-state index contributed by atoms with van der Waals surface area (Å²) in [7, 11) is 1.63. The zero-order valence-corrected chi connectivity index (χ0v) is 12.7. The molecule has 20 heavy (non-hydrogen) atoms. The number of aliphatic hydroxyl groups excluding tert-OH is 1. The number of rotatable bonds is 8. The molecular formula is C16H28O4. The maximum Gasteiger partial charge on any atom is 0.184 e. The van der Waals surface area contributed by atoms with Gasteiger partial charge in [0.2, 0.25) is 0 Å². The van der Waals surface area contributed by atoms with E-state index in [1.165, 1.54) is 19.3 Å². The van der Waals surface area contributed by atoms with Gasteiger partial charge in [-0.2, -0.15) is 0 Å². The second-order valence-electron chi connectivity index (χ2n) is 5.98. The third-order valence-electron chi connectivity index (χ3n) is 4.39. The zero-order valence-electron chi connectivity index (χ0n) is 12.7. The van der Waals surface area contributed by atoms with E-state index in [1.54, 1.807) is 7.11 Å².